The first-order valence-corrected chi connectivity index (χ1v) is 8.63. The zero-order valence-electron chi connectivity index (χ0n) is 14.5. The van der Waals surface area contributed by atoms with Crippen molar-refractivity contribution in [1.82, 2.24) is 15.2 Å². The van der Waals surface area contributed by atoms with Gasteiger partial charge in [0.25, 0.3) is 0 Å². The Morgan fingerprint density at radius 1 is 1.38 bits per heavy atom. The molecular formula is C19H21F2N3O2. The van der Waals surface area contributed by atoms with E-state index in [-0.39, 0.29) is 30.0 Å². The second kappa shape index (κ2) is 8.23. The van der Waals surface area contributed by atoms with Crippen LogP contribution in [-0.4, -0.2) is 35.4 Å². The van der Waals surface area contributed by atoms with E-state index in [1.807, 2.05) is 0 Å². The van der Waals surface area contributed by atoms with Gasteiger partial charge in [0.2, 0.25) is 11.8 Å². The predicted octanol–water partition coefficient (Wildman–Crippen LogP) is 3.11. The molecule has 2 aromatic rings. The monoisotopic (exact) mass is 361 g/mol. The molecular weight excluding hydrogens is 340 g/mol. The molecule has 1 aromatic heterocycles. The van der Waals surface area contributed by atoms with Crippen molar-refractivity contribution >= 4 is 5.91 Å². The largest absolute Gasteiger partial charge is 0.436 e. The fraction of sp³-hybridized carbons (Fsp3) is 0.368. The third-order valence-corrected chi connectivity index (χ3v) is 4.49. The van der Waals surface area contributed by atoms with E-state index >= 15 is 0 Å². The number of benzene rings is 1. The lowest BCUT2D eigenvalue weighted by molar-refractivity contribution is -0.124. The maximum Gasteiger partial charge on any atom is 0.224 e. The Morgan fingerprint density at radius 3 is 2.96 bits per heavy atom. The third-order valence-electron chi connectivity index (χ3n) is 4.49. The van der Waals surface area contributed by atoms with E-state index in [2.05, 4.69) is 22.1 Å². The molecule has 0 radical (unpaired) electrons. The van der Waals surface area contributed by atoms with Crippen molar-refractivity contribution in [3.05, 3.63) is 53.7 Å². The summed E-state index contributed by atoms with van der Waals surface area (Å²) in [5.41, 5.74) is 0.620. The molecule has 2 heterocycles. The van der Waals surface area contributed by atoms with Crippen LogP contribution in [0.3, 0.4) is 0 Å². The molecule has 0 spiro atoms. The number of nitrogens with zero attached hydrogens (tertiary/aromatic N) is 2. The molecule has 0 bridgehead atoms. The van der Waals surface area contributed by atoms with Crippen LogP contribution in [0.1, 0.15) is 18.9 Å². The Balaban J connectivity index is 1.65. The van der Waals surface area contributed by atoms with Gasteiger partial charge < -0.3 is 15.0 Å². The summed E-state index contributed by atoms with van der Waals surface area (Å²) in [5.74, 6) is -1.46. The molecule has 0 saturated carbocycles. The lowest BCUT2D eigenvalue weighted by Crippen LogP contribution is -2.32. The van der Waals surface area contributed by atoms with E-state index in [1.54, 1.807) is 12.1 Å². The van der Waals surface area contributed by atoms with Crippen LogP contribution in [0.2, 0.25) is 0 Å². The number of hydrogen-bond donors (Lipinski definition) is 1. The number of amides is 1. The highest BCUT2D eigenvalue weighted by atomic mass is 19.1. The smallest absolute Gasteiger partial charge is 0.224 e. The van der Waals surface area contributed by atoms with Crippen LogP contribution in [0.4, 0.5) is 8.78 Å². The van der Waals surface area contributed by atoms with Crippen molar-refractivity contribution in [3.8, 4) is 11.6 Å². The van der Waals surface area contributed by atoms with Gasteiger partial charge in [0, 0.05) is 30.9 Å². The van der Waals surface area contributed by atoms with Gasteiger partial charge in [0.15, 0.2) is 11.6 Å². The highest BCUT2D eigenvalue weighted by Gasteiger charge is 2.27. The van der Waals surface area contributed by atoms with Gasteiger partial charge in [-0.05, 0) is 37.7 Å². The number of likely N-dealkylation sites (tertiary alicyclic amines) is 1. The molecule has 1 unspecified atom stereocenters. The van der Waals surface area contributed by atoms with Crippen LogP contribution in [0.15, 0.2) is 36.5 Å². The average molecular weight is 361 g/mol. The van der Waals surface area contributed by atoms with Gasteiger partial charge in [-0.1, -0.05) is 13.0 Å². The zero-order chi connectivity index (χ0) is 18.5. The maximum atomic E-state index is 13.8. The summed E-state index contributed by atoms with van der Waals surface area (Å²) in [6.45, 7) is 4.94. The number of halogens is 2. The van der Waals surface area contributed by atoms with Crippen LogP contribution >= 0.6 is 0 Å². The molecule has 0 aliphatic carbocycles. The summed E-state index contributed by atoms with van der Waals surface area (Å²) >= 11 is 0. The van der Waals surface area contributed by atoms with Gasteiger partial charge in [-0.3, -0.25) is 4.79 Å². The van der Waals surface area contributed by atoms with Gasteiger partial charge in [0.1, 0.15) is 5.82 Å². The van der Waals surface area contributed by atoms with E-state index in [0.29, 0.717) is 5.56 Å². The standard InChI is InChI=1S/C19H21F2N3O2/c1-2-24-9-7-14(12-24)18(25)23-11-13-4-3-8-22-19(13)26-17-6-5-15(20)10-16(17)21/h3-6,8,10,14H,2,7,9,11-12H2,1H3,(H,23,25). The first kappa shape index (κ1) is 18.3. The average Bonchev–Trinajstić information content (AvgIpc) is 3.12. The van der Waals surface area contributed by atoms with Crippen molar-refractivity contribution in [2.45, 2.75) is 19.9 Å². The number of carbonyl (C=O) groups excluding carboxylic acids is 1. The SMILES string of the molecule is CCN1CCC(C(=O)NCc2cccnc2Oc2ccc(F)cc2F)C1. The molecule has 1 aliphatic heterocycles. The minimum Gasteiger partial charge on any atom is -0.436 e. The number of aromatic nitrogens is 1. The highest BCUT2D eigenvalue weighted by Crippen LogP contribution is 2.26. The first-order valence-electron chi connectivity index (χ1n) is 8.63. The number of hydrogen-bond acceptors (Lipinski definition) is 4. The van der Waals surface area contributed by atoms with E-state index in [1.165, 1.54) is 12.3 Å². The molecule has 1 aromatic carbocycles. The van der Waals surface area contributed by atoms with Crippen molar-refractivity contribution in [2.24, 2.45) is 5.92 Å². The van der Waals surface area contributed by atoms with Crippen LogP contribution in [-0.2, 0) is 11.3 Å². The third kappa shape index (κ3) is 4.35. The lowest BCUT2D eigenvalue weighted by atomic mass is 10.1. The molecule has 1 amide bonds. The Hall–Kier alpha value is -2.54. The fourth-order valence-electron chi connectivity index (χ4n) is 2.97. The Morgan fingerprint density at radius 2 is 2.23 bits per heavy atom. The van der Waals surface area contributed by atoms with Gasteiger partial charge >= 0.3 is 0 Å². The molecule has 7 heteroatoms. The lowest BCUT2D eigenvalue weighted by Gasteiger charge is -2.14. The van der Waals surface area contributed by atoms with E-state index in [4.69, 9.17) is 4.74 Å². The summed E-state index contributed by atoms with van der Waals surface area (Å²) in [4.78, 5) is 18.7. The second-order valence-corrected chi connectivity index (χ2v) is 6.24. The molecule has 1 saturated heterocycles. The Kier molecular flexibility index (Phi) is 5.78. The zero-order valence-corrected chi connectivity index (χ0v) is 14.5. The van der Waals surface area contributed by atoms with Crippen molar-refractivity contribution in [3.63, 3.8) is 0 Å². The molecule has 1 fully saturated rings. The van der Waals surface area contributed by atoms with Gasteiger partial charge in [-0.2, -0.15) is 0 Å². The van der Waals surface area contributed by atoms with Crippen molar-refractivity contribution in [1.29, 1.82) is 0 Å². The van der Waals surface area contributed by atoms with Crippen LogP contribution in [0.25, 0.3) is 0 Å². The topological polar surface area (TPSA) is 54.5 Å². The van der Waals surface area contributed by atoms with Crippen LogP contribution in [0.5, 0.6) is 11.6 Å². The summed E-state index contributed by atoms with van der Waals surface area (Å²) < 4.78 is 32.3. The summed E-state index contributed by atoms with van der Waals surface area (Å²) in [7, 11) is 0. The van der Waals surface area contributed by atoms with Crippen molar-refractivity contribution < 1.29 is 18.3 Å². The number of carbonyl (C=O) groups is 1. The summed E-state index contributed by atoms with van der Waals surface area (Å²) in [5, 5.41) is 2.90. The molecule has 138 valence electrons. The molecule has 26 heavy (non-hydrogen) atoms. The van der Waals surface area contributed by atoms with E-state index in [0.717, 1.165) is 38.2 Å². The van der Waals surface area contributed by atoms with E-state index in [9.17, 15) is 13.6 Å². The number of nitrogens with one attached hydrogen (secondary N) is 1. The van der Waals surface area contributed by atoms with E-state index < -0.39 is 11.6 Å². The van der Waals surface area contributed by atoms with Gasteiger partial charge in [-0.15, -0.1) is 0 Å². The maximum absolute atomic E-state index is 13.8. The number of rotatable bonds is 6. The first-order chi connectivity index (χ1) is 12.6. The van der Waals surface area contributed by atoms with Crippen LogP contribution in [0, 0.1) is 17.6 Å². The molecule has 1 atom stereocenters. The Labute approximate surface area is 151 Å². The molecule has 3 rings (SSSR count). The normalized spacial score (nSPS) is 17.3. The summed E-state index contributed by atoms with van der Waals surface area (Å²) in [6.07, 6.45) is 2.36. The van der Waals surface area contributed by atoms with Gasteiger partial charge in [0.05, 0.1) is 5.92 Å². The fourth-order valence-corrected chi connectivity index (χ4v) is 2.97. The highest BCUT2D eigenvalue weighted by molar-refractivity contribution is 5.79. The number of ether oxygens (including phenoxy) is 1. The minimum absolute atomic E-state index is 0.0104. The molecule has 1 N–H and O–H groups in total. The summed E-state index contributed by atoms with van der Waals surface area (Å²) in [6, 6.07) is 6.53. The minimum atomic E-state index is -0.809. The van der Waals surface area contributed by atoms with Gasteiger partial charge in [-0.25, -0.2) is 13.8 Å². The molecule has 1 aliphatic rings. The quantitative estimate of drug-likeness (QED) is 0.859. The molecule has 5 nitrogen and oxygen atoms in total. The Bertz CT molecular complexity index is 785. The second-order valence-electron chi connectivity index (χ2n) is 6.24. The number of pyridine rings is 1. The van der Waals surface area contributed by atoms with Crippen LogP contribution < -0.4 is 10.1 Å². The van der Waals surface area contributed by atoms with Crippen molar-refractivity contribution in [2.75, 3.05) is 19.6 Å². The predicted molar refractivity (Wildman–Crippen MR) is 92.7 cm³/mol.